The minimum atomic E-state index is -8.01. The molecule has 0 aromatic heterocycles. The quantitative estimate of drug-likeness (QED) is 0.132. The van der Waals surface area contributed by atoms with E-state index in [0.29, 0.717) is 0 Å². The lowest BCUT2D eigenvalue weighted by molar-refractivity contribution is -0.397. The van der Waals surface area contributed by atoms with Gasteiger partial charge in [0, 0.05) is 0 Å². The highest BCUT2D eigenvalue weighted by atomic mass is 19.4. The minimum Gasteiger partial charge on any atom is -0.403 e. The molecule has 1 rings (SSSR count). The lowest BCUT2D eigenvalue weighted by Crippen LogP contribution is -2.61. The van der Waals surface area contributed by atoms with E-state index >= 15 is 0 Å². The topological polar surface area (TPSA) is 29.5 Å². The van der Waals surface area contributed by atoms with Crippen LogP contribution in [0.15, 0.2) is 11.8 Å². The van der Waals surface area contributed by atoms with Crippen LogP contribution in [0.4, 0.5) is 83.4 Å². The molecule has 1 atom stereocenters. The maximum absolute atomic E-state index is 13.8. The summed E-state index contributed by atoms with van der Waals surface area (Å²) < 4.78 is 249. The Morgan fingerprint density at radius 2 is 0.914 bits per heavy atom. The van der Waals surface area contributed by atoms with E-state index in [1.807, 2.05) is 0 Å². The van der Waals surface area contributed by atoms with E-state index in [1.165, 1.54) is 0 Å². The maximum Gasteiger partial charge on any atom is 0.460 e. The minimum absolute atomic E-state index is 2.08. The predicted octanol–water partition coefficient (Wildman–Crippen LogP) is 6.68. The molecule has 0 heterocycles. The first-order chi connectivity index (χ1) is 15.2. The normalized spacial score (nSPS) is 16.7. The number of hydrogen-bond acceptors (Lipinski definition) is 2. The summed E-state index contributed by atoms with van der Waals surface area (Å²) in [5, 5.41) is 8.66. The molecule has 0 spiro atoms. The van der Waals surface area contributed by atoms with Crippen LogP contribution in [0.25, 0.3) is 0 Å². The second-order valence-electron chi connectivity index (χ2n) is 5.99. The molecule has 0 saturated heterocycles. The van der Waals surface area contributed by atoms with Gasteiger partial charge in [0.25, 0.3) is 0 Å². The van der Waals surface area contributed by atoms with Gasteiger partial charge in [0.2, 0.25) is 11.6 Å². The fraction of sp³-hybridized carbons (Fsp3) is 0.429. The molecule has 1 aromatic carbocycles. The van der Waals surface area contributed by atoms with Crippen LogP contribution in [0.5, 0.6) is 0 Å². The molecule has 0 radical (unpaired) electrons. The van der Waals surface area contributed by atoms with E-state index in [1.54, 1.807) is 0 Å². The Bertz CT molecular complexity index is 992. The third kappa shape index (κ3) is 4.41. The first-order valence-electron chi connectivity index (χ1n) is 7.47. The van der Waals surface area contributed by atoms with Gasteiger partial charge in [-0.25, -0.2) is 22.0 Å². The molecule has 0 fully saturated rings. The van der Waals surface area contributed by atoms with Gasteiger partial charge in [0.15, 0.2) is 23.3 Å². The van der Waals surface area contributed by atoms with Crippen molar-refractivity contribution in [3.05, 3.63) is 46.5 Å². The van der Waals surface area contributed by atoms with E-state index in [0.717, 1.165) is 0 Å². The molecule has 21 heteroatoms. The molecule has 0 amide bonds. The average Bonchev–Trinajstić information content (AvgIpc) is 2.68. The Morgan fingerprint density at radius 3 is 1.26 bits per heavy atom. The van der Waals surface area contributed by atoms with Gasteiger partial charge in [0.1, 0.15) is 5.56 Å². The van der Waals surface area contributed by atoms with Crippen molar-refractivity contribution in [2.75, 3.05) is 0 Å². The number of alkyl halides is 12. The van der Waals surface area contributed by atoms with Crippen molar-refractivity contribution in [3.8, 4) is 0 Å². The summed E-state index contributed by atoms with van der Waals surface area (Å²) in [6.45, 7) is 0. The molecule has 0 aliphatic carbocycles. The van der Waals surface area contributed by atoms with Crippen molar-refractivity contribution >= 4 is 0 Å². The van der Waals surface area contributed by atoms with Crippen molar-refractivity contribution in [2.45, 2.75) is 35.9 Å². The summed E-state index contributed by atoms with van der Waals surface area (Å²) in [4.78, 5) is 0. The van der Waals surface area contributed by atoms with Gasteiger partial charge >= 0.3 is 41.9 Å². The summed E-state index contributed by atoms with van der Waals surface area (Å²) in [6.07, 6.45) is -7.60. The monoisotopic (exact) mass is 562 g/mol. The van der Waals surface area contributed by atoms with Gasteiger partial charge in [-0.05, 0) is 0 Å². The van der Waals surface area contributed by atoms with E-state index in [4.69, 9.17) is 5.11 Å². The van der Waals surface area contributed by atoms with E-state index < -0.39 is 82.4 Å². The zero-order valence-electron chi connectivity index (χ0n) is 15.0. The van der Waals surface area contributed by atoms with Gasteiger partial charge in [-0.1, -0.05) is 0 Å². The van der Waals surface area contributed by atoms with E-state index in [9.17, 15) is 83.4 Å². The first-order valence-corrected chi connectivity index (χ1v) is 7.47. The number of allylic oxidation sites excluding steroid dienone is 1. The Morgan fingerprint density at radius 1 is 0.571 bits per heavy atom. The average molecular weight is 562 g/mol. The molecule has 1 aromatic rings. The summed E-state index contributed by atoms with van der Waals surface area (Å²) in [6, 6.07) is -11.4. The van der Waals surface area contributed by atoms with Crippen LogP contribution in [-0.2, 0) is 10.7 Å². The standard InChI is InChI=1S/C14HF19O2/c15-2-1(3(16)5(18)6(19)4(2)17)9(22,23)14(33,34)35-8(21)7(20)10(24,25)11(26,27)12(28,29)13(30,31)32/h34H. The van der Waals surface area contributed by atoms with E-state index in [2.05, 4.69) is 4.74 Å². The van der Waals surface area contributed by atoms with Crippen LogP contribution in [-0.4, -0.2) is 35.1 Å². The number of ether oxygens (including phenoxy) is 1. The second kappa shape index (κ2) is 8.50. The molecule has 0 saturated carbocycles. The van der Waals surface area contributed by atoms with Gasteiger partial charge in [-0.15, -0.1) is 0 Å². The molecular weight excluding hydrogens is 561 g/mol. The van der Waals surface area contributed by atoms with Crippen molar-refractivity contribution in [2.24, 2.45) is 0 Å². The molecule has 1 N–H and O–H groups in total. The molecule has 0 aliphatic heterocycles. The van der Waals surface area contributed by atoms with Crippen LogP contribution in [0.1, 0.15) is 5.56 Å². The van der Waals surface area contributed by atoms with Crippen molar-refractivity contribution < 1.29 is 93.3 Å². The molecular formula is C14HF19O2. The fourth-order valence-corrected chi connectivity index (χ4v) is 1.90. The number of rotatable bonds is 7. The summed E-state index contributed by atoms with van der Waals surface area (Å²) in [5.41, 5.74) is -3.74. The number of halogens is 19. The SMILES string of the molecule is OC(F)(OC(F)=C(F)C(F)(F)C(F)(F)C(F)(F)C(F)(F)F)C(F)(F)c1c(F)c(F)c(F)c(F)c1F. The van der Waals surface area contributed by atoms with Crippen molar-refractivity contribution in [1.82, 2.24) is 0 Å². The van der Waals surface area contributed by atoms with Crippen LogP contribution < -0.4 is 0 Å². The Labute approximate surface area is 177 Å². The second-order valence-corrected chi connectivity index (χ2v) is 5.99. The van der Waals surface area contributed by atoms with Gasteiger partial charge < -0.3 is 9.84 Å². The van der Waals surface area contributed by atoms with Gasteiger partial charge in [0.05, 0.1) is 0 Å². The lowest BCUT2D eigenvalue weighted by Gasteiger charge is -2.33. The number of hydrogen-bond donors (Lipinski definition) is 1. The molecule has 35 heavy (non-hydrogen) atoms. The third-order valence-corrected chi connectivity index (χ3v) is 3.73. The summed E-state index contributed by atoms with van der Waals surface area (Å²) >= 11 is 0. The smallest absolute Gasteiger partial charge is 0.403 e. The molecule has 202 valence electrons. The zero-order chi connectivity index (χ0) is 28.3. The highest BCUT2D eigenvalue weighted by Gasteiger charge is 2.83. The van der Waals surface area contributed by atoms with Crippen LogP contribution in [0, 0.1) is 29.1 Å². The highest BCUT2D eigenvalue weighted by molar-refractivity contribution is 5.29. The molecule has 2 nitrogen and oxygen atoms in total. The molecule has 1 unspecified atom stereocenters. The van der Waals surface area contributed by atoms with E-state index in [-0.39, 0.29) is 0 Å². The van der Waals surface area contributed by atoms with Crippen LogP contribution in [0.3, 0.4) is 0 Å². The maximum atomic E-state index is 13.8. The fourth-order valence-electron chi connectivity index (χ4n) is 1.90. The largest absolute Gasteiger partial charge is 0.460 e. The van der Waals surface area contributed by atoms with Crippen LogP contribution >= 0.6 is 0 Å². The lowest BCUT2D eigenvalue weighted by atomic mass is 10.0. The number of benzene rings is 1. The summed E-state index contributed by atoms with van der Waals surface area (Å²) in [7, 11) is 0. The Kier molecular flexibility index (Phi) is 7.39. The third-order valence-electron chi connectivity index (χ3n) is 3.73. The number of aliphatic hydroxyl groups is 1. The molecule has 0 aliphatic rings. The zero-order valence-corrected chi connectivity index (χ0v) is 15.0. The predicted molar refractivity (Wildman–Crippen MR) is 67.4 cm³/mol. The van der Waals surface area contributed by atoms with Crippen molar-refractivity contribution in [3.63, 3.8) is 0 Å². The van der Waals surface area contributed by atoms with Crippen LogP contribution in [0.2, 0.25) is 0 Å². The first kappa shape index (κ1) is 30.4. The Hall–Kier alpha value is -2.61. The summed E-state index contributed by atoms with van der Waals surface area (Å²) in [5.74, 6) is -52.7. The Balaban J connectivity index is 3.64. The van der Waals surface area contributed by atoms with Gasteiger partial charge in [-0.3, -0.25) is 0 Å². The van der Waals surface area contributed by atoms with Crippen molar-refractivity contribution in [1.29, 1.82) is 0 Å². The van der Waals surface area contributed by atoms with Gasteiger partial charge in [-0.2, -0.15) is 61.5 Å². The highest BCUT2D eigenvalue weighted by Crippen LogP contribution is 2.56. The molecule has 0 bridgehead atoms.